The maximum atomic E-state index is 13.0. The second kappa shape index (κ2) is 12.2. The quantitative estimate of drug-likeness (QED) is 0.183. The van der Waals surface area contributed by atoms with Crippen molar-refractivity contribution in [3.8, 4) is 11.1 Å². The van der Waals surface area contributed by atoms with Gasteiger partial charge in [0.05, 0.1) is 18.5 Å². The molecule has 1 heterocycles. The minimum Gasteiger partial charge on any atom is -0.455 e. The number of Topliss-reactive ketones (excluding diaryl/α,β-unsaturated/α-hetero) is 1. The van der Waals surface area contributed by atoms with Crippen LogP contribution < -0.4 is 10.6 Å². The summed E-state index contributed by atoms with van der Waals surface area (Å²) in [6.45, 7) is 4.67. The number of fused-ring (bicyclic) bond motifs is 1. The number of nitrogens with one attached hydrogen (secondary N) is 2. The Hall–Kier alpha value is -4.48. The molecule has 1 aliphatic rings. The molecule has 3 aromatic rings. The van der Waals surface area contributed by atoms with Crippen LogP contribution in [0.3, 0.4) is 0 Å². The molecule has 12 heteroatoms. The largest absolute Gasteiger partial charge is 0.455 e. The van der Waals surface area contributed by atoms with E-state index in [1.807, 2.05) is 0 Å². The number of amides is 2. The Labute approximate surface area is 247 Å². The van der Waals surface area contributed by atoms with Gasteiger partial charge in [-0.05, 0) is 87.7 Å². The van der Waals surface area contributed by atoms with E-state index in [1.165, 1.54) is 37.6 Å². The van der Waals surface area contributed by atoms with Crippen LogP contribution in [-0.4, -0.2) is 53.3 Å². The Balaban J connectivity index is 1.47. The fourth-order valence-electron chi connectivity index (χ4n) is 4.37. The van der Waals surface area contributed by atoms with Crippen LogP contribution in [0.25, 0.3) is 11.1 Å². The minimum atomic E-state index is -2.03. The standard InChI is InChI=1S/C30H30ClN3O8/c1-29(2,3)42-28(38)34-23-10-7-20(31)14-22(23)19-13-18-11-12-30(39,25(18)32-15-19)26(36)41-16-24(35)17-5-8-21(9-6-17)33-27(37)40-4/h5-10,13-15,39H,11-12,16H2,1-4H3,(H,33,37)(H,34,38). The number of ketones is 1. The van der Waals surface area contributed by atoms with Crippen molar-refractivity contribution in [2.24, 2.45) is 0 Å². The predicted octanol–water partition coefficient (Wildman–Crippen LogP) is 5.49. The number of carbonyl (C=O) groups is 4. The highest BCUT2D eigenvalue weighted by Gasteiger charge is 2.47. The van der Waals surface area contributed by atoms with E-state index < -0.39 is 41.7 Å². The Morgan fingerprint density at radius 1 is 1.02 bits per heavy atom. The van der Waals surface area contributed by atoms with Gasteiger partial charge in [-0.3, -0.25) is 20.4 Å². The number of pyridine rings is 1. The van der Waals surface area contributed by atoms with Gasteiger partial charge in [-0.1, -0.05) is 11.6 Å². The molecule has 2 aromatic carbocycles. The van der Waals surface area contributed by atoms with Crippen LogP contribution >= 0.6 is 11.6 Å². The number of hydrogen-bond donors (Lipinski definition) is 3. The van der Waals surface area contributed by atoms with Gasteiger partial charge in [-0.25, -0.2) is 14.4 Å². The summed E-state index contributed by atoms with van der Waals surface area (Å²) in [6, 6.07) is 12.6. The van der Waals surface area contributed by atoms with E-state index in [9.17, 15) is 24.3 Å². The first-order chi connectivity index (χ1) is 19.8. The number of aliphatic hydroxyl groups is 1. The third-order valence-corrected chi connectivity index (χ3v) is 6.59. The van der Waals surface area contributed by atoms with Gasteiger partial charge in [0.25, 0.3) is 0 Å². The van der Waals surface area contributed by atoms with Gasteiger partial charge in [0.1, 0.15) is 5.60 Å². The van der Waals surface area contributed by atoms with Gasteiger partial charge in [0.2, 0.25) is 5.60 Å². The lowest BCUT2D eigenvalue weighted by Gasteiger charge is -2.21. The van der Waals surface area contributed by atoms with Crippen LogP contribution in [0.1, 0.15) is 48.8 Å². The van der Waals surface area contributed by atoms with E-state index in [-0.39, 0.29) is 17.7 Å². The van der Waals surface area contributed by atoms with Crippen LogP contribution in [0.5, 0.6) is 0 Å². The Kier molecular flexibility index (Phi) is 8.83. The van der Waals surface area contributed by atoms with Crippen LogP contribution in [0.4, 0.5) is 21.0 Å². The molecular formula is C30H30ClN3O8. The summed E-state index contributed by atoms with van der Waals surface area (Å²) in [4.78, 5) is 53.6. The number of halogens is 1. The molecule has 3 N–H and O–H groups in total. The maximum Gasteiger partial charge on any atom is 0.412 e. The molecule has 4 rings (SSSR count). The van der Waals surface area contributed by atoms with Crippen molar-refractivity contribution >= 4 is 46.9 Å². The highest BCUT2D eigenvalue weighted by molar-refractivity contribution is 6.31. The van der Waals surface area contributed by atoms with Crippen molar-refractivity contribution in [1.82, 2.24) is 4.98 Å². The van der Waals surface area contributed by atoms with Gasteiger partial charge in [-0.2, -0.15) is 0 Å². The number of nitrogens with zero attached hydrogens (tertiary/aromatic N) is 1. The van der Waals surface area contributed by atoms with Crippen LogP contribution in [0, 0.1) is 0 Å². The normalized spacial score (nSPS) is 15.8. The van der Waals surface area contributed by atoms with E-state index in [2.05, 4.69) is 20.4 Å². The molecule has 220 valence electrons. The number of carbonyl (C=O) groups excluding carboxylic acids is 4. The number of esters is 1. The summed E-state index contributed by atoms with van der Waals surface area (Å²) < 4.78 is 15.1. The van der Waals surface area contributed by atoms with Crippen molar-refractivity contribution in [3.63, 3.8) is 0 Å². The van der Waals surface area contributed by atoms with Crippen LogP contribution in [0.2, 0.25) is 5.02 Å². The molecule has 1 aliphatic carbocycles. The first kappa shape index (κ1) is 30.5. The Bertz CT molecular complexity index is 1530. The first-order valence-electron chi connectivity index (χ1n) is 13.0. The number of hydrogen-bond acceptors (Lipinski definition) is 9. The molecule has 0 saturated heterocycles. The summed E-state index contributed by atoms with van der Waals surface area (Å²) >= 11 is 6.24. The molecule has 0 radical (unpaired) electrons. The lowest BCUT2D eigenvalue weighted by atomic mass is 9.99. The summed E-state index contributed by atoms with van der Waals surface area (Å²) in [5.74, 6) is -1.49. The van der Waals surface area contributed by atoms with E-state index >= 15 is 0 Å². The van der Waals surface area contributed by atoms with Gasteiger partial charge < -0.3 is 19.3 Å². The van der Waals surface area contributed by atoms with Gasteiger partial charge in [0.15, 0.2) is 12.4 Å². The number of anilines is 2. The smallest absolute Gasteiger partial charge is 0.412 e. The third kappa shape index (κ3) is 7.04. The van der Waals surface area contributed by atoms with Crippen molar-refractivity contribution in [2.75, 3.05) is 24.4 Å². The van der Waals surface area contributed by atoms with Gasteiger partial charge in [0, 0.05) is 33.6 Å². The summed E-state index contributed by atoms with van der Waals surface area (Å²) in [6.07, 6.45) is 0.501. The summed E-state index contributed by atoms with van der Waals surface area (Å²) in [5, 5.41) is 16.9. The summed E-state index contributed by atoms with van der Waals surface area (Å²) in [5.41, 5.74) is 0.287. The lowest BCUT2D eigenvalue weighted by Crippen LogP contribution is -2.37. The fraction of sp³-hybridized carbons (Fsp3) is 0.300. The number of ether oxygens (including phenoxy) is 3. The van der Waals surface area contributed by atoms with Gasteiger partial charge in [-0.15, -0.1) is 0 Å². The zero-order valence-corrected chi connectivity index (χ0v) is 24.2. The van der Waals surface area contributed by atoms with Crippen molar-refractivity contribution in [1.29, 1.82) is 0 Å². The molecule has 1 unspecified atom stereocenters. The molecule has 0 bridgehead atoms. The SMILES string of the molecule is COC(=O)Nc1ccc(C(=O)COC(=O)C2(O)CCc3cc(-c4cc(Cl)ccc4NC(=O)OC(C)(C)C)cnc32)cc1. The topological polar surface area (TPSA) is 153 Å². The van der Waals surface area contributed by atoms with E-state index in [0.29, 0.717) is 39.5 Å². The molecule has 42 heavy (non-hydrogen) atoms. The lowest BCUT2D eigenvalue weighted by molar-refractivity contribution is -0.165. The van der Waals surface area contributed by atoms with Crippen molar-refractivity contribution in [3.05, 3.63) is 76.6 Å². The van der Waals surface area contributed by atoms with E-state index in [0.717, 1.165) is 0 Å². The average molecular weight is 596 g/mol. The highest BCUT2D eigenvalue weighted by Crippen LogP contribution is 2.40. The zero-order valence-electron chi connectivity index (χ0n) is 23.4. The second-order valence-electron chi connectivity index (χ2n) is 10.6. The van der Waals surface area contributed by atoms with E-state index in [1.54, 1.807) is 45.0 Å². The molecule has 0 fully saturated rings. The van der Waals surface area contributed by atoms with Gasteiger partial charge >= 0.3 is 18.2 Å². The number of benzene rings is 2. The average Bonchev–Trinajstić information content (AvgIpc) is 3.28. The van der Waals surface area contributed by atoms with Crippen molar-refractivity contribution in [2.45, 2.75) is 44.8 Å². The number of methoxy groups -OCH3 is 1. The zero-order chi connectivity index (χ0) is 30.7. The first-order valence-corrected chi connectivity index (χ1v) is 13.3. The molecule has 1 atom stereocenters. The third-order valence-electron chi connectivity index (χ3n) is 6.35. The Morgan fingerprint density at radius 2 is 1.74 bits per heavy atom. The number of aryl methyl sites for hydroxylation is 1. The van der Waals surface area contributed by atoms with Crippen molar-refractivity contribution < 1.29 is 38.5 Å². The van der Waals surface area contributed by atoms with Crippen LogP contribution in [0.15, 0.2) is 54.7 Å². The number of rotatable bonds is 7. The maximum absolute atomic E-state index is 13.0. The molecule has 0 aliphatic heterocycles. The molecule has 11 nitrogen and oxygen atoms in total. The summed E-state index contributed by atoms with van der Waals surface area (Å²) in [7, 11) is 1.23. The molecule has 0 spiro atoms. The van der Waals surface area contributed by atoms with Crippen LogP contribution in [-0.2, 0) is 31.0 Å². The molecular weight excluding hydrogens is 566 g/mol. The molecule has 1 aromatic heterocycles. The highest BCUT2D eigenvalue weighted by atomic mass is 35.5. The minimum absolute atomic E-state index is 0.0122. The monoisotopic (exact) mass is 595 g/mol. The fourth-order valence-corrected chi connectivity index (χ4v) is 4.55. The van der Waals surface area contributed by atoms with E-state index in [4.69, 9.17) is 21.1 Å². The Morgan fingerprint density at radius 3 is 2.40 bits per heavy atom. The number of aromatic nitrogens is 1. The molecule has 0 saturated carbocycles. The second-order valence-corrected chi connectivity index (χ2v) is 11.0. The predicted molar refractivity (Wildman–Crippen MR) is 155 cm³/mol. The molecule has 2 amide bonds.